The van der Waals surface area contributed by atoms with Gasteiger partial charge in [-0.2, -0.15) is 0 Å². The summed E-state index contributed by atoms with van der Waals surface area (Å²) in [7, 11) is 0. The molecule has 0 aromatic heterocycles. The molecule has 0 aromatic rings. The zero-order valence-corrected chi connectivity index (χ0v) is 10.3. The Bertz CT molecular complexity index is 240. The van der Waals surface area contributed by atoms with E-state index in [0.29, 0.717) is 32.8 Å². The van der Waals surface area contributed by atoms with Crippen LogP contribution < -0.4 is 0 Å². The molecule has 0 unspecified atom stereocenters. The molecule has 0 N–H and O–H groups in total. The van der Waals surface area contributed by atoms with Crippen molar-refractivity contribution in [3.63, 3.8) is 0 Å². The summed E-state index contributed by atoms with van der Waals surface area (Å²) in [6.45, 7) is 6.96. The van der Waals surface area contributed by atoms with Crippen LogP contribution in [0.3, 0.4) is 0 Å². The lowest BCUT2D eigenvalue weighted by Crippen LogP contribution is -2.49. The van der Waals surface area contributed by atoms with Gasteiger partial charge in [-0.3, -0.25) is 9.69 Å². The highest BCUT2D eigenvalue weighted by molar-refractivity contribution is 5.67. The molecule has 98 valence electrons. The van der Waals surface area contributed by atoms with Gasteiger partial charge in [0.05, 0.1) is 6.61 Å². The van der Waals surface area contributed by atoms with Crippen LogP contribution >= 0.6 is 0 Å². The third-order valence-corrected chi connectivity index (χ3v) is 2.65. The van der Waals surface area contributed by atoms with Crippen molar-refractivity contribution in [2.24, 2.45) is 0 Å². The average molecular weight is 244 g/mol. The molecule has 6 heteroatoms. The first-order chi connectivity index (χ1) is 8.27. The zero-order chi connectivity index (χ0) is 12.5. The summed E-state index contributed by atoms with van der Waals surface area (Å²) in [5.74, 6) is 0. The predicted molar refractivity (Wildman–Crippen MR) is 61.7 cm³/mol. The highest BCUT2D eigenvalue weighted by atomic mass is 16.6. The van der Waals surface area contributed by atoms with Gasteiger partial charge < -0.3 is 14.4 Å². The Balaban J connectivity index is 2.16. The van der Waals surface area contributed by atoms with E-state index in [2.05, 4.69) is 9.64 Å². The fourth-order valence-electron chi connectivity index (χ4n) is 1.66. The van der Waals surface area contributed by atoms with Crippen molar-refractivity contribution < 1.29 is 19.1 Å². The van der Waals surface area contributed by atoms with E-state index in [1.54, 1.807) is 4.90 Å². The van der Waals surface area contributed by atoms with Crippen molar-refractivity contribution in [1.82, 2.24) is 9.80 Å². The van der Waals surface area contributed by atoms with Crippen molar-refractivity contribution in [2.75, 3.05) is 45.9 Å². The number of carbonyl (C=O) groups is 2. The van der Waals surface area contributed by atoms with Crippen LogP contribution in [0.4, 0.5) is 4.79 Å². The van der Waals surface area contributed by atoms with Gasteiger partial charge in [-0.15, -0.1) is 0 Å². The van der Waals surface area contributed by atoms with Crippen LogP contribution in [-0.4, -0.2) is 68.3 Å². The maximum atomic E-state index is 11.5. The van der Waals surface area contributed by atoms with Crippen molar-refractivity contribution in [1.29, 1.82) is 0 Å². The Kier molecular flexibility index (Phi) is 6.39. The molecule has 1 amide bonds. The summed E-state index contributed by atoms with van der Waals surface area (Å²) in [4.78, 5) is 25.4. The largest absolute Gasteiger partial charge is 0.467 e. The lowest BCUT2D eigenvalue weighted by molar-refractivity contribution is -0.129. The first-order valence-corrected chi connectivity index (χ1v) is 5.97. The summed E-state index contributed by atoms with van der Waals surface area (Å²) in [5, 5.41) is 0. The molecule has 0 spiro atoms. The van der Waals surface area contributed by atoms with E-state index in [-0.39, 0.29) is 6.09 Å². The molecule has 6 nitrogen and oxygen atoms in total. The van der Waals surface area contributed by atoms with Crippen LogP contribution in [0.1, 0.15) is 13.3 Å². The Morgan fingerprint density at radius 3 is 2.53 bits per heavy atom. The maximum absolute atomic E-state index is 11.5. The fourth-order valence-corrected chi connectivity index (χ4v) is 1.66. The quantitative estimate of drug-likeness (QED) is 0.497. The number of carbonyl (C=O) groups excluding carboxylic acids is 2. The van der Waals surface area contributed by atoms with E-state index in [0.717, 1.165) is 26.1 Å². The SMILES string of the molecule is CCCOC(=O)N1CCN(CCOC=O)CC1. The zero-order valence-electron chi connectivity index (χ0n) is 10.3. The second kappa shape index (κ2) is 7.89. The van der Waals surface area contributed by atoms with Gasteiger partial charge in [0.25, 0.3) is 6.47 Å². The number of hydrogen-bond donors (Lipinski definition) is 0. The van der Waals surface area contributed by atoms with Gasteiger partial charge in [0.15, 0.2) is 0 Å². The summed E-state index contributed by atoms with van der Waals surface area (Å²) >= 11 is 0. The number of piperazine rings is 1. The van der Waals surface area contributed by atoms with Crippen LogP contribution in [0.5, 0.6) is 0 Å². The van der Waals surface area contributed by atoms with Crippen LogP contribution in [0.25, 0.3) is 0 Å². The van der Waals surface area contributed by atoms with Gasteiger partial charge in [-0.05, 0) is 6.42 Å². The van der Waals surface area contributed by atoms with E-state index < -0.39 is 0 Å². The molecular formula is C11H20N2O4. The van der Waals surface area contributed by atoms with Crippen molar-refractivity contribution in [2.45, 2.75) is 13.3 Å². The van der Waals surface area contributed by atoms with Crippen molar-refractivity contribution in [3.05, 3.63) is 0 Å². The van der Waals surface area contributed by atoms with Crippen molar-refractivity contribution >= 4 is 12.6 Å². The molecule has 1 aliphatic heterocycles. The lowest BCUT2D eigenvalue weighted by Gasteiger charge is -2.33. The maximum Gasteiger partial charge on any atom is 0.409 e. The van der Waals surface area contributed by atoms with Gasteiger partial charge in [0, 0.05) is 32.7 Å². The average Bonchev–Trinajstić information content (AvgIpc) is 2.37. The van der Waals surface area contributed by atoms with Crippen molar-refractivity contribution in [3.8, 4) is 0 Å². The number of amides is 1. The Morgan fingerprint density at radius 1 is 1.24 bits per heavy atom. The standard InChI is InChI=1S/C11H20N2O4/c1-2-8-17-11(15)13-5-3-12(4-6-13)7-9-16-10-14/h10H,2-9H2,1H3. The predicted octanol–water partition coefficient (Wildman–Crippen LogP) is 0.324. The van der Waals surface area contributed by atoms with E-state index in [1.165, 1.54) is 0 Å². The molecule has 1 heterocycles. The van der Waals surface area contributed by atoms with Crippen LogP contribution in [-0.2, 0) is 14.3 Å². The third-order valence-electron chi connectivity index (χ3n) is 2.65. The Hall–Kier alpha value is -1.30. The number of nitrogens with zero attached hydrogens (tertiary/aromatic N) is 2. The molecule has 1 aliphatic rings. The van der Waals surface area contributed by atoms with Gasteiger partial charge in [0.1, 0.15) is 6.61 Å². The first kappa shape index (κ1) is 13.8. The van der Waals surface area contributed by atoms with Gasteiger partial charge >= 0.3 is 6.09 Å². The third kappa shape index (κ3) is 5.04. The second-order valence-electron chi connectivity index (χ2n) is 3.91. The normalized spacial score (nSPS) is 16.6. The van der Waals surface area contributed by atoms with E-state index in [1.807, 2.05) is 6.92 Å². The summed E-state index contributed by atoms with van der Waals surface area (Å²) in [5.41, 5.74) is 0. The van der Waals surface area contributed by atoms with Gasteiger partial charge in [-0.1, -0.05) is 6.92 Å². The van der Waals surface area contributed by atoms with Crippen LogP contribution in [0.15, 0.2) is 0 Å². The Labute approximate surface area is 101 Å². The summed E-state index contributed by atoms with van der Waals surface area (Å²) in [6.07, 6.45) is 0.616. The van der Waals surface area contributed by atoms with E-state index in [9.17, 15) is 9.59 Å². The first-order valence-electron chi connectivity index (χ1n) is 5.97. The number of ether oxygens (including phenoxy) is 2. The van der Waals surface area contributed by atoms with Gasteiger partial charge in [-0.25, -0.2) is 4.79 Å². The highest BCUT2D eigenvalue weighted by Gasteiger charge is 2.21. The molecular weight excluding hydrogens is 224 g/mol. The number of rotatable bonds is 6. The minimum Gasteiger partial charge on any atom is -0.467 e. The minimum atomic E-state index is -0.226. The molecule has 17 heavy (non-hydrogen) atoms. The molecule has 0 aliphatic carbocycles. The molecule has 0 aromatic carbocycles. The lowest BCUT2D eigenvalue weighted by atomic mass is 10.3. The summed E-state index contributed by atoms with van der Waals surface area (Å²) in [6, 6.07) is 0. The second-order valence-corrected chi connectivity index (χ2v) is 3.91. The highest BCUT2D eigenvalue weighted by Crippen LogP contribution is 2.03. The molecule has 0 radical (unpaired) electrons. The van der Waals surface area contributed by atoms with Gasteiger partial charge in [0.2, 0.25) is 0 Å². The van der Waals surface area contributed by atoms with E-state index in [4.69, 9.17) is 4.74 Å². The summed E-state index contributed by atoms with van der Waals surface area (Å²) < 4.78 is 9.70. The smallest absolute Gasteiger partial charge is 0.409 e. The fraction of sp³-hybridized carbons (Fsp3) is 0.818. The van der Waals surface area contributed by atoms with Crippen LogP contribution in [0.2, 0.25) is 0 Å². The molecule has 0 atom stereocenters. The van der Waals surface area contributed by atoms with E-state index >= 15 is 0 Å². The Morgan fingerprint density at radius 2 is 1.94 bits per heavy atom. The minimum absolute atomic E-state index is 0.226. The number of hydrogen-bond acceptors (Lipinski definition) is 5. The molecule has 1 rings (SSSR count). The molecule has 1 saturated heterocycles. The van der Waals surface area contributed by atoms with Crippen LogP contribution in [0, 0.1) is 0 Å². The monoisotopic (exact) mass is 244 g/mol. The topological polar surface area (TPSA) is 59.1 Å². The molecule has 0 saturated carbocycles. The molecule has 1 fully saturated rings. The molecule has 0 bridgehead atoms.